The highest BCUT2D eigenvalue weighted by Crippen LogP contribution is 2.30. The minimum atomic E-state index is 0.641. The average Bonchev–Trinajstić information content (AvgIpc) is 3.03. The van der Waals surface area contributed by atoms with Crippen LogP contribution < -0.4 is 5.32 Å². The number of fused-ring (bicyclic) bond motifs is 1. The number of nitrogens with zero attached hydrogens (tertiary/aromatic N) is 1. The normalized spacial score (nSPS) is 11.0. The number of rotatable bonds is 4. The number of hydrogen-bond acceptors (Lipinski definition) is 3. The van der Waals surface area contributed by atoms with Crippen molar-refractivity contribution in [3.05, 3.63) is 82.9 Å². The SMILES string of the molecule is Cc1ccccc1-c1ccc2c(NCc3cccc(Cl)c3)noc2c1. The number of halogens is 1. The highest BCUT2D eigenvalue weighted by atomic mass is 35.5. The molecular formula is C21H17ClN2O. The van der Waals surface area contributed by atoms with Crippen molar-refractivity contribution in [3.8, 4) is 11.1 Å². The van der Waals surface area contributed by atoms with Gasteiger partial charge < -0.3 is 9.84 Å². The Hall–Kier alpha value is -2.78. The molecule has 0 fully saturated rings. The van der Waals surface area contributed by atoms with Crippen LogP contribution in [0.25, 0.3) is 22.1 Å². The van der Waals surface area contributed by atoms with Gasteiger partial charge in [-0.2, -0.15) is 0 Å². The first-order valence-corrected chi connectivity index (χ1v) is 8.52. The smallest absolute Gasteiger partial charge is 0.177 e. The van der Waals surface area contributed by atoms with Crippen LogP contribution in [0, 0.1) is 6.92 Å². The maximum atomic E-state index is 6.03. The molecule has 1 heterocycles. The van der Waals surface area contributed by atoms with E-state index < -0.39 is 0 Å². The molecule has 0 atom stereocenters. The van der Waals surface area contributed by atoms with Crippen molar-refractivity contribution >= 4 is 28.4 Å². The maximum absolute atomic E-state index is 6.03. The molecule has 4 aromatic rings. The van der Waals surface area contributed by atoms with Gasteiger partial charge in [-0.1, -0.05) is 59.2 Å². The summed E-state index contributed by atoms with van der Waals surface area (Å²) in [5.41, 5.74) is 5.44. The molecule has 4 rings (SSSR count). The van der Waals surface area contributed by atoms with Crippen LogP contribution in [0.5, 0.6) is 0 Å². The quantitative estimate of drug-likeness (QED) is 0.486. The fourth-order valence-corrected chi connectivity index (χ4v) is 3.17. The Morgan fingerprint density at radius 2 is 1.88 bits per heavy atom. The van der Waals surface area contributed by atoms with Gasteiger partial charge in [0.1, 0.15) is 0 Å². The summed E-state index contributed by atoms with van der Waals surface area (Å²) in [6, 6.07) is 22.3. The molecule has 3 aromatic carbocycles. The van der Waals surface area contributed by atoms with E-state index in [1.807, 2.05) is 48.5 Å². The van der Waals surface area contributed by atoms with Crippen LogP contribution in [0.3, 0.4) is 0 Å². The van der Waals surface area contributed by atoms with Crippen LogP contribution >= 0.6 is 11.6 Å². The summed E-state index contributed by atoms with van der Waals surface area (Å²) in [7, 11) is 0. The first-order chi connectivity index (χ1) is 12.2. The van der Waals surface area contributed by atoms with E-state index in [0.717, 1.165) is 32.9 Å². The Morgan fingerprint density at radius 1 is 1.00 bits per heavy atom. The van der Waals surface area contributed by atoms with E-state index in [1.54, 1.807) is 0 Å². The minimum Gasteiger partial charge on any atom is -0.363 e. The van der Waals surface area contributed by atoms with Crippen LogP contribution in [0.1, 0.15) is 11.1 Å². The molecule has 0 aliphatic carbocycles. The molecule has 0 aliphatic heterocycles. The van der Waals surface area contributed by atoms with Gasteiger partial charge in [-0.25, -0.2) is 0 Å². The second kappa shape index (κ2) is 6.61. The van der Waals surface area contributed by atoms with E-state index in [9.17, 15) is 0 Å². The topological polar surface area (TPSA) is 38.1 Å². The summed E-state index contributed by atoms with van der Waals surface area (Å²) in [5, 5.41) is 9.19. The molecule has 0 bridgehead atoms. The summed E-state index contributed by atoms with van der Waals surface area (Å²) >= 11 is 6.03. The molecule has 0 saturated heterocycles. The van der Waals surface area contributed by atoms with E-state index in [2.05, 4.69) is 35.6 Å². The summed E-state index contributed by atoms with van der Waals surface area (Å²) in [6.45, 7) is 2.75. The Morgan fingerprint density at radius 3 is 2.72 bits per heavy atom. The lowest BCUT2D eigenvalue weighted by atomic mass is 10.00. The molecule has 3 nitrogen and oxygen atoms in total. The molecule has 4 heteroatoms. The van der Waals surface area contributed by atoms with E-state index in [1.165, 1.54) is 11.1 Å². The van der Waals surface area contributed by atoms with Crippen molar-refractivity contribution in [1.29, 1.82) is 0 Å². The molecule has 0 saturated carbocycles. The zero-order valence-electron chi connectivity index (χ0n) is 13.8. The lowest BCUT2D eigenvalue weighted by Crippen LogP contribution is -1.99. The van der Waals surface area contributed by atoms with Gasteiger partial charge in [-0.05, 0) is 53.4 Å². The Kier molecular flexibility index (Phi) is 4.16. The summed E-state index contributed by atoms with van der Waals surface area (Å²) < 4.78 is 5.52. The van der Waals surface area contributed by atoms with Crippen molar-refractivity contribution in [2.75, 3.05) is 5.32 Å². The number of benzene rings is 3. The number of aromatic nitrogens is 1. The van der Waals surface area contributed by atoms with Crippen LogP contribution in [-0.2, 0) is 6.54 Å². The van der Waals surface area contributed by atoms with Crippen molar-refractivity contribution in [3.63, 3.8) is 0 Å². The number of aryl methyl sites for hydroxylation is 1. The first-order valence-electron chi connectivity index (χ1n) is 8.14. The van der Waals surface area contributed by atoms with Crippen molar-refractivity contribution in [2.45, 2.75) is 13.5 Å². The zero-order chi connectivity index (χ0) is 17.2. The Balaban J connectivity index is 1.61. The number of hydrogen-bond donors (Lipinski definition) is 1. The van der Waals surface area contributed by atoms with E-state index in [-0.39, 0.29) is 0 Å². The van der Waals surface area contributed by atoms with Gasteiger partial charge in [0.05, 0.1) is 5.39 Å². The Labute approximate surface area is 151 Å². The molecule has 0 aliphatic rings. The molecule has 25 heavy (non-hydrogen) atoms. The molecule has 0 spiro atoms. The highest BCUT2D eigenvalue weighted by molar-refractivity contribution is 6.30. The van der Waals surface area contributed by atoms with Gasteiger partial charge in [-0.3, -0.25) is 0 Å². The largest absolute Gasteiger partial charge is 0.363 e. The molecular weight excluding hydrogens is 332 g/mol. The van der Waals surface area contributed by atoms with Crippen LogP contribution in [0.4, 0.5) is 5.82 Å². The third kappa shape index (κ3) is 3.24. The first kappa shape index (κ1) is 15.7. The van der Waals surface area contributed by atoms with Gasteiger partial charge >= 0.3 is 0 Å². The van der Waals surface area contributed by atoms with Gasteiger partial charge in [0, 0.05) is 11.6 Å². The van der Waals surface area contributed by atoms with Crippen molar-refractivity contribution in [1.82, 2.24) is 5.16 Å². The molecule has 0 unspecified atom stereocenters. The number of nitrogens with one attached hydrogen (secondary N) is 1. The van der Waals surface area contributed by atoms with E-state index in [0.29, 0.717) is 6.54 Å². The molecule has 124 valence electrons. The summed E-state index contributed by atoms with van der Waals surface area (Å²) in [5.74, 6) is 0.742. The van der Waals surface area contributed by atoms with Crippen molar-refractivity contribution < 1.29 is 4.52 Å². The third-order valence-electron chi connectivity index (χ3n) is 4.28. The van der Waals surface area contributed by atoms with Crippen LogP contribution in [0.2, 0.25) is 5.02 Å². The molecule has 1 N–H and O–H groups in total. The monoisotopic (exact) mass is 348 g/mol. The second-order valence-electron chi connectivity index (χ2n) is 6.04. The van der Waals surface area contributed by atoms with Crippen molar-refractivity contribution in [2.24, 2.45) is 0 Å². The van der Waals surface area contributed by atoms with Crippen LogP contribution in [0.15, 0.2) is 71.3 Å². The molecule has 0 amide bonds. The fourth-order valence-electron chi connectivity index (χ4n) is 2.96. The van der Waals surface area contributed by atoms with Gasteiger partial charge in [-0.15, -0.1) is 0 Å². The predicted octanol–water partition coefficient (Wildman–Crippen LogP) is 6.07. The van der Waals surface area contributed by atoms with E-state index in [4.69, 9.17) is 16.1 Å². The zero-order valence-corrected chi connectivity index (χ0v) is 14.5. The van der Waals surface area contributed by atoms with Crippen LogP contribution in [-0.4, -0.2) is 5.16 Å². The van der Waals surface area contributed by atoms with Gasteiger partial charge in [0.2, 0.25) is 0 Å². The third-order valence-corrected chi connectivity index (χ3v) is 4.51. The number of anilines is 1. The summed E-state index contributed by atoms with van der Waals surface area (Å²) in [6.07, 6.45) is 0. The highest BCUT2D eigenvalue weighted by Gasteiger charge is 2.10. The standard InChI is InChI=1S/C21H17ClN2O/c1-14-5-2-3-8-18(14)16-9-10-19-20(12-16)25-24-21(19)23-13-15-6-4-7-17(22)11-15/h2-12H,13H2,1H3,(H,23,24). The summed E-state index contributed by atoms with van der Waals surface area (Å²) in [4.78, 5) is 0. The molecule has 1 aromatic heterocycles. The maximum Gasteiger partial charge on any atom is 0.177 e. The Bertz CT molecular complexity index is 1040. The minimum absolute atomic E-state index is 0.641. The van der Waals surface area contributed by atoms with Gasteiger partial charge in [0.25, 0.3) is 0 Å². The van der Waals surface area contributed by atoms with E-state index >= 15 is 0 Å². The lowest BCUT2D eigenvalue weighted by molar-refractivity contribution is 0.459. The van der Waals surface area contributed by atoms with Gasteiger partial charge in [0.15, 0.2) is 11.4 Å². The fraction of sp³-hybridized carbons (Fsp3) is 0.0952. The average molecular weight is 349 g/mol. The second-order valence-corrected chi connectivity index (χ2v) is 6.48. The molecule has 0 radical (unpaired) electrons. The lowest BCUT2D eigenvalue weighted by Gasteiger charge is -2.06. The predicted molar refractivity (Wildman–Crippen MR) is 103 cm³/mol.